The molecule has 0 spiro atoms. The van der Waals surface area contributed by atoms with Crippen LogP contribution in [0.2, 0.25) is 0 Å². The number of benzene rings is 1. The van der Waals surface area contributed by atoms with E-state index in [1.54, 1.807) is 14.2 Å². The average Bonchev–Trinajstić information content (AvgIpc) is 3.59. The Morgan fingerprint density at radius 1 is 1.06 bits per heavy atom. The fraction of sp³-hybridized carbons (Fsp3) is 0.708. The van der Waals surface area contributed by atoms with Crippen molar-refractivity contribution in [3.63, 3.8) is 0 Å². The summed E-state index contributed by atoms with van der Waals surface area (Å²) in [6.07, 6.45) is 9.19. The average molecular weight is 543 g/mol. The van der Waals surface area contributed by atoms with E-state index in [0.717, 1.165) is 62.4 Å². The molecule has 0 radical (unpaired) electrons. The number of methoxy groups -OCH3 is 2. The van der Waals surface area contributed by atoms with Crippen LogP contribution in [0, 0.1) is 11.3 Å². The number of anilines is 1. The number of halogens is 1. The van der Waals surface area contributed by atoms with Crippen LogP contribution in [0.3, 0.4) is 0 Å². The summed E-state index contributed by atoms with van der Waals surface area (Å²) in [4.78, 5) is 7.45. The topological polar surface area (TPSA) is 58.1 Å². The lowest BCUT2D eigenvalue weighted by molar-refractivity contribution is 0.113. The van der Waals surface area contributed by atoms with Crippen LogP contribution < -0.4 is 25.0 Å². The van der Waals surface area contributed by atoms with E-state index in [2.05, 4.69) is 34.6 Å². The lowest BCUT2D eigenvalue weighted by Gasteiger charge is -2.41. The Hall–Kier alpha value is -1.38. The minimum atomic E-state index is 0. The Labute approximate surface area is 204 Å². The number of aliphatic imine (C=N–C) groups is 1. The third-order valence-electron chi connectivity index (χ3n) is 7.23. The van der Waals surface area contributed by atoms with Gasteiger partial charge in [-0.25, -0.2) is 0 Å². The second kappa shape index (κ2) is 11.0. The van der Waals surface area contributed by atoms with Gasteiger partial charge in [0.2, 0.25) is 0 Å². The van der Waals surface area contributed by atoms with Crippen LogP contribution in [0.5, 0.6) is 11.5 Å². The maximum atomic E-state index is 5.44. The van der Waals surface area contributed by atoms with Gasteiger partial charge in [-0.2, -0.15) is 0 Å². The Bertz CT molecular complexity index is 719. The van der Waals surface area contributed by atoms with Crippen molar-refractivity contribution in [2.75, 3.05) is 45.3 Å². The van der Waals surface area contributed by atoms with Gasteiger partial charge in [-0.3, -0.25) is 4.99 Å². The van der Waals surface area contributed by atoms with Crippen molar-refractivity contribution in [1.29, 1.82) is 0 Å². The number of nitrogens with zero attached hydrogens (tertiary/aromatic N) is 2. The van der Waals surface area contributed by atoms with Crippen LogP contribution in [0.4, 0.5) is 5.69 Å². The molecule has 174 valence electrons. The molecule has 6 nitrogen and oxygen atoms in total. The first-order chi connectivity index (χ1) is 14.7. The molecule has 4 rings (SSSR count). The van der Waals surface area contributed by atoms with E-state index in [-0.39, 0.29) is 24.0 Å². The minimum absolute atomic E-state index is 0. The van der Waals surface area contributed by atoms with Gasteiger partial charge in [-0.15, -0.1) is 24.0 Å². The molecule has 7 heteroatoms. The van der Waals surface area contributed by atoms with Gasteiger partial charge in [-0.05, 0) is 56.8 Å². The summed E-state index contributed by atoms with van der Waals surface area (Å²) in [5, 5.41) is 7.19. The van der Waals surface area contributed by atoms with E-state index in [4.69, 9.17) is 14.5 Å². The molecule has 0 atom stereocenters. The van der Waals surface area contributed by atoms with Crippen LogP contribution in [0.25, 0.3) is 0 Å². The molecule has 1 aromatic carbocycles. The first kappa shape index (κ1) is 24.3. The maximum Gasteiger partial charge on any atom is 0.191 e. The zero-order valence-electron chi connectivity index (χ0n) is 19.3. The fourth-order valence-corrected chi connectivity index (χ4v) is 5.03. The summed E-state index contributed by atoms with van der Waals surface area (Å²) in [6, 6.07) is 6.58. The predicted octanol–water partition coefficient (Wildman–Crippen LogP) is 4.43. The third kappa shape index (κ3) is 5.90. The molecule has 0 bridgehead atoms. The number of piperidine rings is 1. The number of hydrogen-bond donors (Lipinski definition) is 2. The summed E-state index contributed by atoms with van der Waals surface area (Å²) in [6.45, 7) is 6.08. The first-order valence-electron chi connectivity index (χ1n) is 11.7. The highest BCUT2D eigenvalue weighted by Gasteiger charge is 2.48. The molecule has 2 N–H and O–H groups in total. The van der Waals surface area contributed by atoms with Crippen LogP contribution in [0.15, 0.2) is 23.2 Å². The van der Waals surface area contributed by atoms with Crippen LogP contribution in [-0.4, -0.2) is 52.4 Å². The van der Waals surface area contributed by atoms with Crippen LogP contribution >= 0.6 is 24.0 Å². The van der Waals surface area contributed by atoms with Crippen molar-refractivity contribution in [2.45, 2.75) is 57.9 Å². The minimum Gasteiger partial charge on any atom is -0.497 e. The van der Waals surface area contributed by atoms with Gasteiger partial charge < -0.3 is 25.0 Å². The number of ether oxygens (including phenoxy) is 2. The van der Waals surface area contributed by atoms with Gasteiger partial charge in [0.15, 0.2) is 5.96 Å². The van der Waals surface area contributed by atoms with Crippen molar-refractivity contribution >= 4 is 35.6 Å². The number of hydrogen-bond acceptors (Lipinski definition) is 4. The number of rotatable bonds is 8. The SMILES string of the molecule is CCNC(=NCC1(C2CC2)CCC1)NC1CCN(c2cc(OC)cc(OC)c2)CC1.I. The van der Waals surface area contributed by atoms with Crippen molar-refractivity contribution in [1.82, 2.24) is 10.6 Å². The van der Waals surface area contributed by atoms with Crippen molar-refractivity contribution in [3.8, 4) is 11.5 Å². The quantitative estimate of drug-likeness (QED) is 0.289. The molecule has 31 heavy (non-hydrogen) atoms. The van der Waals surface area contributed by atoms with E-state index in [0.29, 0.717) is 11.5 Å². The molecule has 2 saturated carbocycles. The van der Waals surface area contributed by atoms with Crippen molar-refractivity contribution in [3.05, 3.63) is 18.2 Å². The number of nitrogens with one attached hydrogen (secondary N) is 2. The summed E-state index contributed by atoms with van der Waals surface area (Å²) < 4.78 is 10.9. The molecular weight excluding hydrogens is 503 g/mol. The van der Waals surface area contributed by atoms with Gasteiger partial charge in [0.05, 0.1) is 14.2 Å². The van der Waals surface area contributed by atoms with E-state index in [1.807, 2.05) is 6.07 Å². The normalized spacial score (nSPS) is 21.0. The van der Waals surface area contributed by atoms with Crippen LogP contribution in [0.1, 0.15) is 51.9 Å². The monoisotopic (exact) mass is 542 g/mol. The zero-order valence-corrected chi connectivity index (χ0v) is 21.6. The Kier molecular flexibility index (Phi) is 8.58. The summed E-state index contributed by atoms with van der Waals surface area (Å²) >= 11 is 0. The predicted molar refractivity (Wildman–Crippen MR) is 138 cm³/mol. The lowest BCUT2D eigenvalue weighted by Crippen LogP contribution is -2.49. The zero-order chi connectivity index (χ0) is 21.0. The highest BCUT2D eigenvalue weighted by molar-refractivity contribution is 14.0. The maximum absolute atomic E-state index is 5.44. The Morgan fingerprint density at radius 3 is 2.19 bits per heavy atom. The van der Waals surface area contributed by atoms with Gasteiger partial charge >= 0.3 is 0 Å². The first-order valence-corrected chi connectivity index (χ1v) is 11.7. The van der Waals surface area contributed by atoms with Crippen LogP contribution in [-0.2, 0) is 0 Å². The molecular formula is C24H39IN4O2. The highest BCUT2D eigenvalue weighted by Crippen LogP contribution is 2.57. The number of guanidine groups is 1. The molecule has 3 aliphatic rings. The van der Waals surface area contributed by atoms with Gasteiger partial charge in [0.25, 0.3) is 0 Å². The van der Waals surface area contributed by atoms with E-state index in [1.165, 1.54) is 37.8 Å². The van der Waals surface area contributed by atoms with Crippen molar-refractivity contribution < 1.29 is 9.47 Å². The highest BCUT2D eigenvalue weighted by atomic mass is 127. The molecule has 1 aliphatic heterocycles. The van der Waals surface area contributed by atoms with Gasteiger partial charge in [0.1, 0.15) is 11.5 Å². The summed E-state index contributed by atoms with van der Waals surface area (Å²) in [5.74, 6) is 3.63. The molecule has 0 amide bonds. The smallest absolute Gasteiger partial charge is 0.191 e. The second-order valence-electron chi connectivity index (χ2n) is 9.16. The molecule has 2 aliphatic carbocycles. The fourth-order valence-electron chi connectivity index (χ4n) is 5.03. The molecule has 0 aromatic heterocycles. The summed E-state index contributed by atoms with van der Waals surface area (Å²) in [7, 11) is 3.40. The Balaban J connectivity index is 0.00000272. The standard InChI is InChI=1S/C24H38N4O2.HI/c1-4-25-23(26-17-24(10-5-11-24)18-6-7-18)27-19-8-12-28(13-9-19)20-14-21(29-2)16-22(15-20)30-3;/h14-16,18-19H,4-13,17H2,1-3H3,(H2,25,26,27);1H. The van der Waals surface area contributed by atoms with E-state index >= 15 is 0 Å². The van der Waals surface area contributed by atoms with Gasteiger partial charge in [0, 0.05) is 56.1 Å². The second-order valence-corrected chi connectivity index (χ2v) is 9.16. The molecule has 1 aromatic rings. The lowest BCUT2D eigenvalue weighted by atomic mass is 9.65. The molecule has 3 fully saturated rings. The van der Waals surface area contributed by atoms with E-state index < -0.39 is 0 Å². The summed E-state index contributed by atoms with van der Waals surface area (Å²) in [5.41, 5.74) is 1.69. The van der Waals surface area contributed by atoms with Gasteiger partial charge in [-0.1, -0.05) is 6.42 Å². The Morgan fingerprint density at radius 2 is 1.71 bits per heavy atom. The third-order valence-corrected chi connectivity index (χ3v) is 7.23. The van der Waals surface area contributed by atoms with E-state index in [9.17, 15) is 0 Å². The van der Waals surface area contributed by atoms with Crippen molar-refractivity contribution in [2.24, 2.45) is 16.3 Å². The molecule has 0 unspecified atom stereocenters. The molecule has 1 heterocycles. The largest absolute Gasteiger partial charge is 0.497 e. The molecule has 1 saturated heterocycles.